The van der Waals surface area contributed by atoms with Crippen LogP contribution in [0.2, 0.25) is 5.02 Å². The van der Waals surface area contributed by atoms with Gasteiger partial charge in [0.25, 0.3) is 5.91 Å². The van der Waals surface area contributed by atoms with E-state index in [4.69, 9.17) is 16.0 Å². The highest BCUT2D eigenvalue weighted by Crippen LogP contribution is 2.32. The second-order valence-corrected chi connectivity index (χ2v) is 13.1. The summed E-state index contributed by atoms with van der Waals surface area (Å²) in [6.07, 6.45) is 3.30. The zero-order chi connectivity index (χ0) is 33.1. The molecule has 2 saturated heterocycles. The average Bonchev–Trinajstić information content (AvgIpc) is 3.48. The first-order valence-corrected chi connectivity index (χ1v) is 16.5. The van der Waals surface area contributed by atoms with E-state index in [1.54, 1.807) is 24.3 Å². The number of benzene rings is 3. The van der Waals surface area contributed by atoms with Crippen LogP contribution >= 0.6 is 11.6 Å². The maximum Gasteiger partial charge on any atom is 0.287 e. The number of fused-ring (bicyclic) bond motifs is 1. The van der Waals surface area contributed by atoms with E-state index in [2.05, 4.69) is 17.4 Å². The normalized spacial score (nSPS) is 16.0. The van der Waals surface area contributed by atoms with Crippen LogP contribution in [0.15, 0.2) is 82.0 Å². The molecule has 10 heteroatoms. The first-order valence-electron chi connectivity index (χ1n) is 16.1. The number of nitrogens with one attached hydrogen (secondary N) is 1. The van der Waals surface area contributed by atoms with Crippen LogP contribution in [0.25, 0.3) is 11.0 Å². The number of carbonyl (C=O) groups excluding carboxylic acids is 3. The molecule has 4 aromatic rings. The van der Waals surface area contributed by atoms with Crippen molar-refractivity contribution in [2.24, 2.45) is 0 Å². The maximum absolute atomic E-state index is 14.0. The van der Waals surface area contributed by atoms with Crippen molar-refractivity contribution in [3.63, 3.8) is 0 Å². The summed E-state index contributed by atoms with van der Waals surface area (Å²) in [6.45, 7) is 2.48. The largest absolute Gasteiger partial charge is 0.451 e. The van der Waals surface area contributed by atoms with E-state index < -0.39 is 11.9 Å². The number of nitrogens with zero attached hydrogens (tertiary/aromatic N) is 3. The van der Waals surface area contributed by atoms with E-state index >= 15 is 0 Å². The van der Waals surface area contributed by atoms with E-state index in [0.29, 0.717) is 42.0 Å². The maximum atomic E-state index is 14.0. The van der Waals surface area contributed by atoms with Gasteiger partial charge in [-0.3, -0.25) is 19.2 Å². The fourth-order valence-electron chi connectivity index (χ4n) is 6.60. The summed E-state index contributed by atoms with van der Waals surface area (Å²) in [5.41, 5.74) is 4.03. The van der Waals surface area contributed by atoms with Gasteiger partial charge in [-0.25, -0.2) is 0 Å². The Morgan fingerprint density at radius 2 is 1.72 bits per heavy atom. The smallest absolute Gasteiger partial charge is 0.287 e. The van der Waals surface area contributed by atoms with Gasteiger partial charge in [0.2, 0.25) is 11.8 Å². The molecule has 0 spiro atoms. The molecule has 0 saturated carbocycles. The van der Waals surface area contributed by atoms with Crippen molar-refractivity contribution in [2.45, 2.75) is 50.6 Å². The zero-order valence-corrected chi connectivity index (χ0v) is 27.5. The number of rotatable bonds is 9. The van der Waals surface area contributed by atoms with Gasteiger partial charge in [-0.1, -0.05) is 48.0 Å². The molecular formula is C37H39ClN4O5. The third-order valence-corrected chi connectivity index (χ3v) is 9.49. The lowest BCUT2D eigenvalue weighted by atomic mass is 9.86. The van der Waals surface area contributed by atoms with E-state index in [1.807, 2.05) is 59.1 Å². The number of anilines is 1. The lowest BCUT2D eigenvalue weighted by Crippen LogP contribution is -2.51. The Morgan fingerprint density at radius 3 is 2.43 bits per heavy atom. The van der Waals surface area contributed by atoms with Gasteiger partial charge in [0.15, 0.2) is 11.2 Å². The Balaban J connectivity index is 1.18. The van der Waals surface area contributed by atoms with Crippen LogP contribution in [0, 0.1) is 0 Å². The van der Waals surface area contributed by atoms with Crippen molar-refractivity contribution in [3.8, 4) is 0 Å². The first-order chi connectivity index (χ1) is 22.7. The molecule has 0 bridgehead atoms. The fraction of sp³-hybridized carbons (Fsp3) is 0.351. The molecule has 9 nitrogen and oxygen atoms in total. The Hall–Kier alpha value is -4.63. The fourth-order valence-corrected chi connectivity index (χ4v) is 6.73. The van der Waals surface area contributed by atoms with Crippen molar-refractivity contribution in [2.75, 3.05) is 38.6 Å². The highest BCUT2D eigenvalue weighted by Gasteiger charge is 2.32. The third-order valence-electron chi connectivity index (χ3n) is 9.24. The van der Waals surface area contributed by atoms with Crippen molar-refractivity contribution in [1.29, 1.82) is 0 Å². The van der Waals surface area contributed by atoms with E-state index in [-0.39, 0.29) is 35.3 Å². The Kier molecular flexibility index (Phi) is 9.63. The second-order valence-electron chi connectivity index (χ2n) is 12.6. The first kappa shape index (κ1) is 32.3. The van der Waals surface area contributed by atoms with Crippen LogP contribution < -0.4 is 15.6 Å². The summed E-state index contributed by atoms with van der Waals surface area (Å²) in [5.74, 6) is -0.511. The van der Waals surface area contributed by atoms with Gasteiger partial charge in [-0.15, -0.1) is 0 Å². The van der Waals surface area contributed by atoms with Gasteiger partial charge < -0.3 is 24.4 Å². The molecule has 6 rings (SSSR count). The van der Waals surface area contributed by atoms with Gasteiger partial charge in [-0.2, -0.15) is 0 Å². The van der Waals surface area contributed by atoms with Gasteiger partial charge in [0.1, 0.15) is 11.6 Å². The molecule has 244 valence electrons. The molecule has 3 amide bonds. The molecule has 47 heavy (non-hydrogen) atoms. The Bertz CT molecular complexity index is 1850. The van der Waals surface area contributed by atoms with E-state index in [9.17, 15) is 19.2 Å². The monoisotopic (exact) mass is 654 g/mol. The standard InChI is InChI=1S/C37H39ClN4O5/c1-40(2)28-13-14-33-30(21-28)32(43)22-34(47-33)36(45)39-31(20-24-9-11-27(38)12-10-24)37(46)41-18-15-25(16-19-41)29-7-4-3-6-26(29)23-42-17-5-8-35(42)44/h3-4,6-7,9-14,21-22,25,31H,5,8,15-20,23H2,1-2H3,(H,39,45)/t31-/m1/s1. The molecule has 3 aromatic carbocycles. The van der Waals surface area contributed by atoms with Crippen LogP contribution in [-0.4, -0.2) is 67.3 Å². The molecule has 1 atom stereocenters. The third kappa shape index (κ3) is 7.36. The molecule has 0 aliphatic carbocycles. The minimum atomic E-state index is -0.884. The number of halogens is 1. The molecule has 2 aliphatic rings. The number of amides is 3. The van der Waals surface area contributed by atoms with Crippen LogP contribution in [0.3, 0.4) is 0 Å². The predicted octanol–water partition coefficient (Wildman–Crippen LogP) is 5.38. The highest BCUT2D eigenvalue weighted by molar-refractivity contribution is 6.30. The topological polar surface area (TPSA) is 103 Å². The average molecular weight is 655 g/mol. The molecule has 1 N–H and O–H groups in total. The molecular weight excluding hydrogens is 616 g/mol. The number of hydrogen-bond donors (Lipinski definition) is 1. The number of likely N-dealkylation sites (tertiary alicyclic amines) is 2. The second kappa shape index (κ2) is 14.0. The van der Waals surface area contributed by atoms with Crippen molar-refractivity contribution in [3.05, 3.63) is 110 Å². The molecule has 2 aliphatic heterocycles. The SMILES string of the molecule is CN(C)c1ccc2oc(C(=O)N[C@H](Cc3ccc(Cl)cc3)C(=O)N3CCC(c4ccccc4CN4CCCC4=O)CC3)cc(=O)c2c1. The van der Waals surface area contributed by atoms with Crippen LogP contribution in [0.5, 0.6) is 0 Å². The minimum Gasteiger partial charge on any atom is -0.451 e. The molecule has 0 radical (unpaired) electrons. The zero-order valence-electron chi connectivity index (χ0n) is 26.7. The predicted molar refractivity (Wildman–Crippen MR) is 183 cm³/mol. The molecule has 3 heterocycles. The summed E-state index contributed by atoms with van der Waals surface area (Å²) in [4.78, 5) is 58.5. The van der Waals surface area contributed by atoms with E-state index in [1.165, 1.54) is 11.6 Å². The highest BCUT2D eigenvalue weighted by atomic mass is 35.5. The quantitative estimate of drug-likeness (QED) is 0.260. The summed E-state index contributed by atoms with van der Waals surface area (Å²) < 4.78 is 5.86. The van der Waals surface area contributed by atoms with Gasteiger partial charge >= 0.3 is 0 Å². The number of carbonyl (C=O) groups is 3. The Labute approximate surface area is 279 Å². The van der Waals surface area contributed by atoms with Gasteiger partial charge in [0.05, 0.1) is 5.39 Å². The van der Waals surface area contributed by atoms with Crippen LogP contribution in [-0.2, 0) is 22.6 Å². The van der Waals surface area contributed by atoms with E-state index in [0.717, 1.165) is 42.6 Å². The molecule has 0 unspecified atom stereocenters. The van der Waals surface area contributed by atoms with Gasteiger partial charge in [0, 0.05) is 69.9 Å². The van der Waals surface area contributed by atoms with Crippen molar-refractivity contribution < 1.29 is 18.8 Å². The van der Waals surface area contributed by atoms with Gasteiger partial charge in [-0.05, 0) is 72.2 Å². The summed E-state index contributed by atoms with van der Waals surface area (Å²) >= 11 is 6.11. The van der Waals surface area contributed by atoms with Crippen LogP contribution in [0.4, 0.5) is 5.69 Å². The lowest BCUT2D eigenvalue weighted by Gasteiger charge is -2.35. The minimum absolute atomic E-state index is 0.152. The summed E-state index contributed by atoms with van der Waals surface area (Å²) in [6, 6.07) is 21.0. The van der Waals surface area contributed by atoms with Crippen LogP contribution in [0.1, 0.15) is 58.8 Å². The Morgan fingerprint density at radius 1 is 0.979 bits per heavy atom. The number of hydrogen-bond acceptors (Lipinski definition) is 6. The number of piperidine rings is 1. The van der Waals surface area contributed by atoms with Crippen molar-refractivity contribution in [1.82, 2.24) is 15.1 Å². The summed E-state index contributed by atoms with van der Waals surface area (Å²) in [5, 5.41) is 3.82. The molecule has 2 fully saturated rings. The molecule has 1 aromatic heterocycles. The summed E-state index contributed by atoms with van der Waals surface area (Å²) in [7, 11) is 3.76. The lowest BCUT2D eigenvalue weighted by molar-refractivity contribution is -0.134. The van der Waals surface area contributed by atoms with Crippen molar-refractivity contribution >= 4 is 46.0 Å².